The predicted octanol–water partition coefficient (Wildman–Crippen LogP) is 4.64. The van der Waals surface area contributed by atoms with Crippen molar-refractivity contribution >= 4 is 0 Å². The highest BCUT2D eigenvalue weighted by Crippen LogP contribution is 2.24. The molecule has 26 heavy (non-hydrogen) atoms. The Morgan fingerprint density at radius 2 is 1.85 bits per heavy atom. The summed E-state index contributed by atoms with van der Waals surface area (Å²) in [5.41, 5.74) is 1.44. The molecule has 0 spiro atoms. The molecule has 4 nitrogen and oxygen atoms in total. The van der Waals surface area contributed by atoms with Crippen molar-refractivity contribution in [1.29, 1.82) is 0 Å². The van der Waals surface area contributed by atoms with Gasteiger partial charge < -0.3 is 14.2 Å². The molecule has 1 aliphatic rings. The largest absolute Gasteiger partial charge is 0.484 e. The van der Waals surface area contributed by atoms with E-state index in [9.17, 15) is 13.2 Å². The lowest BCUT2D eigenvalue weighted by atomic mass is 10.1. The van der Waals surface area contributed by atoms with Gasteiger partial charge in [-0.1, -0.05) is 6.07 Å². The lowest BCUT2D eigenvalue weighted by molar-refractivity contribution is -0.153. The second-order valence-electron chi connectivity index (χ2n) is 6.09. The fourth-order valence-electron chi connectivity index (χ4n) is 2.66. The first kappa shape index (κ1) is 18.5. The Morgan fingerprint density at radius 1 is 1.04 bits per heavy atom. The van der Waals surface area contributed by atoms with E-state index in [1.807, 2.05) is 12.1 Å². The number of hydrogen-bond acceptors (Lipinski definition) is 4. The van der Waals surface area contributed by atoms with E-state index < -0.39 is 12.8 Å². The van der Waals surface area contributed by atoms with Crippen LogP contribution in [0.5, 0.6) is 11.6 Å². The van der Waals surface area contributed by atoms with Gasteiger partial charge in [0.1, 0.15) is 12.4 Å². The van der Waals surface area contributed by atoms with Gasteiger partial charge in [-0.25, -0.2) is 4.98 Å². The standard InChI is InChI=1S/C19H20F3NO3/c20-19(21,22)13-26-15-9-7-14(8-10-15)17-5-3-6-18(23-17)25-12-16-4-1-2-11-24-16/h3,5-10,16H,1-2,4,11-13H2/t16-/m1/s1. The molecule has 0 aliphatic carbocycles. The molecule has 3 rings (SSSR count). The van der Waals surface area contributed by atoms with Crippen molar-refractivity contribution < 1.29 is 27.4 Å². The van der Waals surface area contributed by atoms with Gasteiger partial charge in [-0.3, -0.25) is 0 Å². The minimum absolute atomic E-state index is 0.0965. The summed E-state index contributed by atoms with van der Waals surface area (Å²) < 4.78 is 52.6. The predicted molar refractivity (Wildman–Crippen MR) is 90.3 cm³/mol. The summed E-state index contributed by atoms with van der Waals surface area (Å²) in [5, 5.41) is 0. The number of pyridine rings is 1. The summed E-state index contributed by atoms with van der Waals surface area (Å²) >= 11 is 0. The van der Waals surface area contributed by atoms with Crippen LogP contribution in [0.3, 0.4) is 0 Å². The van der Waals surface area contributed by atoms with E-state index in [2.05, 4.69) is 4.98 Å². The highest BCUT2D eigenvalue weighted by atomic mass is 19.4. The zero-order valence-electron chi connectivity index (χ0n) is 14.2. The minimum atomic E-state index is -4.35. The average Bonchev–Trinajstić information content (AvgIpc) is 2.66. The molecule has 7 heteroatoms. The molecule has 2 heterocycles. The lowest BCUT2D eigenvalue weighted by Gasteiger charge is -2.22. The number of ether oxygens (including phenoxy) is 3. The highest BCUT2D eigenvalue weighted by Gasteiger charge is 2.28. The van der Waals surface area contributed by atoms with E-state index in [-0.39, 0.29) is 11.9 Å². The van der Waals surface area contributed by atoms with Crippen LogP contribution < -0.4 is 9.47 Å². The SMILES string of the molecule is FC(F)(F)COc1ccc(-c2cccc(OC[C@H]3CCCCO3)n2)cc1. The van der Waals surface area contributed by atoms with Crippen LogP contribution in [0.2, 0.25) is 0 Å². The Labute approximate surface area is 149 Å². The quantitative estimate of drug-likeness (QED) is 0.746. The van der Waals surface area contributed by atoms with Gasteiger partial charge in [0.2, 0.25) is 5.88 Å². The number of hydrogen-bond donors (Lipinski definition) is 0. The maximum atomic E-state index is 12.2. The number of benzene rings is 1. The molecular weight excluding hydrogens is 347 g/mol. The van der Waals surface area contributed by atoms with Crippen LogP contribution in [0.1, 0.15) is 19.3 Å². The van der Waals surface area contributed by atoms with Crippen LogP contribution in [0.25, 0.3) is 11.3 Å². The number of halogens is 3. The van der Waals surface area contributed by atoms with Crippen molar-refractivity contribution in [1.82, 2.24) is 4.98 Å². The van der Waals surface area contributed by atoms with Crippen molar-refractivity contribution in [3.05, 3.63) is 42.5 Å². The zero-order valence-corrected chi connectivity index (χ0v) is 14.2. The smallest absolute Gasteiger partial charge is 0.422 e. The van der Waals surface area contributed by atoms with Crippen LogP contribution in [0.15, 0.2) is 42.5 Å². The Hall–Kier alpha value is -2.28. The maximum absolute atomic E-state index is 12.2. The topological polar surface area (TPSA) is 40.6 Å². The molecule has 0 radical (unpaired) electrons. The average molecular weight is 367 g/mol. The summed E-state index contributed by atoms with van der Waals surface area (Å²) in [6, 6.07) is 11.7. The molecule has 0 bridgehead atoms. The normalized spacial score (nSPS) is 17.7. The number of aromatic nitrogens is 1. The number of nitrogens with zero attached hydrogens (tertiary/aromatic N) is 1. The number of rotatable bonds is 6. The molecule has 2 aromatic rings. The first-order valence-corrected chi connectivity index (χ1v) is 8.51. The fourth-order valence-corrected chi connectivity index (χ4v) is 2.66. The van der Waals surface area contributed by atoms with Crippen molar-refractivity contribution in [2.24, 2.45) is 0 Å². The summed E-state index contributed by atoms with van der Waals surface area (Å²) in [7, 11) is 0. The Kier molecular flexibility index (Phi) is 5.98. The van der Waals surface area contributed by atoms with Crippen LogP contribution in [0.4, 0.5) is 13.2 Å². The fraction of sp³-hybridized carbons (Fsp3) is 0.421. The molecule has 1 aromatic carbocycles. The van der Waals surface area contributed by atoms with Gasteiger partial charge in [0.15, 0.2) is 6.61 Å². The number of alkyl halides is 3. The highest BCUT2D eigenvalue weighted by molar-refractivity contribution is 5.60. The molecule has 1 aromatic heterocycles. The summed E-state index contributed by atoms with van der Waals surface area (Å²) in [6.45, 7) is -0.0813. The molecule has 0 unspecified atom stereocenters. The van der Waals surface area contributed by atoms with E-state index in [0.29, 0.717) is 18.2 Å². The van der Waals surface area contributed by atoms with Crippen molar-refractivity contribution in [2.45, 2.75) is 31.5 Å². The zero-order chi connectivity index (χ0) is 18.4. The first-order chi connectivity index (χ1) is 12.5. The Bertz CT molecular complexity index is 698. The lowest BCUT2D eigenvalue weighted by Crippen LogP contribution is -2.25. The molecule has 140 valence electrons. The van der Waals surface area contributed by atoms with Gasteiger partial charge in [0, 0.05) is 18.2 Å². The van der Waals surface area contributed by atoms with Gasteiger partial charge >= 0.3 is 6.18 Å². The van der Waals surface area contributed by atoms with E-state index in [0.717, 1.165) is 31.4 Å². The second kappa shape index (κ2) is 8.40. The second-order valence-corrected chi connectivity index (χ2v) is 6.09. The summed E-state index contributed by atoms with van der Waals surface area (Å²) in [5.74, 6) is 0.655. The van der Waals surface area contributed by atoms with Crippen LogP contribution in [-0.2, 0) is 4.74 Å². The Morgan fingerprint density at radius 3 is 2.54 bits per heavy atom. The molecule has 1 aliphatic heterocycles. The van der Waals surface area contributed by atoms with E-state index in [1.54, 1.807) is 18.2 Å². The molecule has 0 amide bonds. The van der Waals surface area contributed by atoms with E-state index in [4.69, 9.17) is 14.2 Å². The maximum Gasteiger partial charge on any atom is 0.422 e. The third-order valence-electron chi connectivity index (χ3n) is 3.97. The Balaban J connectivity index is 1.60. The van der Waals surface area contributed by atoms with Crippen molar-refractivity contribution in [2.75, 3.05) is 19.8 Å². The van der Waals surface area contributed by atoms with Gasteiger partial charge in [-0.05, 0) is 49.6 Å². The molecule has 1 fully saturated rings. The molecule has 0 N–H and O–H groups in total. The van der Waals surface area contributed by atoms with Gasteiger partial charge in [0.05, 0.1) is 11.8 Å². The van der Waals surface area contributed by atoms with Crippen molar-refractivity contribution in [3.8, 4) is 22.9 Å². The molecular formula is C19H20F3NO3. The van der Waals surface area contributed by atoms with Gasteiger partial charge in [-0.15, -0.1) is 0 Å². The minimum Gasteiger partial charge on any atom is -0.484 e. The first-order valence-electron chi connectivity index (χ1n) is 8.51. The molecule has 1 saturated heterocycles. The third-order valence-corrected chi connectivity index (χ3v) is 3.97. The van der Waals surface area contributed by atoms with Crippen LogP contribution in [-0.4, -0.2) is 37.1 Å². The summed E-state index contributed by atoms with van der Waals surface area (Å²) in [6.07, 6.45) is -1.04. The van der Waals surface area contributed by atoms with Gasteiger partial charge in [-0.2, -0.15) is 13.2 Å². The third kappa shape index (κ3) is 5.62. The van der Waals surface area contributed by atoms with E-state index in [1.165, 1.54) is 12.1 Å². The molecule has 0 saturated carbocycles. The monoisotopic (exact) mass is 367 g/mol. The summed E-state index contributed by atoms with van der Waals surface area (Å²) in [4.78, 5) is 4.44. The van der Waals surface area contributed by atoms with Gasteiger partial charge in [0.25, 0.3) is 0 Å². The molecule has 1 atom stereocenters. The van der Waals surface area contributed by atoms with Crippen molar-refractivity contribution in [3.63, 3.8) is 0 Å². The van der Waals surface area contributed by atoms with Crippen LogP contribution in [0, 0.1) is 0 Å². The van der Waals surface area contributed by atoms with E-state index >= 15 is 0 Å². The van der Waals surface area contributed by atoms with Crippen LogP contribution >= 0.6 is 0 Å².